The molecule has 2 N–H and O–H groups in total. The van der Waals surface area contributed by atoms with E-state index in [-0.39, 0.29) is 5.78 Å². The monoisotopic (exact) mass is 338 g/mol. The molecule has 1 saturated carbocycles. The summed E-state index contributed by atoms with van der Waals surface area (Å²) in [5, 5.41) is 22.9. The van der Waals surface area contributed by atoms with Crippen LogP contribution in [0.15, 0.2) is 48.6 Å². The van der Waals surface area contributed by atoms with Crippen molar-refractivity contribution in [1.29, 1.82) is 0 Å². The van der Waals surface area contributed by atoms with Gasteiger partial charge in [0.1, 0.15) is 11.5 Å². The summed E-state index contributed by atoms with van der Waals surface area (Å²) in [5.41, 5.74) is 0. The van der Waals surface area contributed by atoms with Crippen molar-refractivity contribution in [3.8, 4) is 11.5 Å². The minimum atomic E-state index is -1.16. The first-order valence-electron chi connectivity index (χ1n) is 8.57. The molecule has 5 heteroatoms. The lowest BCUT2D eigenvalue weighted by Gasteiger charge is -2.51. The van der Waals surface area contributed by atoms with Crippen molar-refractivity contribution in [3.05, 3.63) is 48.6 Å². The average Bonchev–Trinajstić information content (AvgIpc) is 2.61. The van der Waals surface area contributed by atoms with E-state index < -0.39 is 29.8 Å². The molecular weight excluding hydrogens is 320 g/mol. The number of fused-ring (bicyclic) bond motifs is 2. The van der Waals surface area contributed by atoms with Gasteiger partial charge in [0.15, 0.2) is 5.78 Å². The number of aliphatic hydroxyl groups is 2. The fourth-order valence-electron chi connectivity index (χ4n) is 4.55. The van der Waals surface area contributed by atoms with Crippen molar-refractivity contribution in [2.75, 3.05) is 0 Å². The van der Waals surface area contributed by atoms with Crippen molar-refractivity contribution in [2.45, 2.75) is 30.8 Å². The lowest BCUT2D eigenvalue weighted by Crippen LogP contribution is -2.64. The molecule has 0 radical (unpaired) electrons. The predicted octanol–water partition coefficient (Wildman–Crippen LogP) is 2.19. The van der Waals surface area contributed by atoms with Crippen LogP contribution in [-0.2, 0) is 4.79 Å². The molecule has 25 heavy (non-hydrogen) atoms. The Labute approximate surface area is 144 Å². The van der Waals surface area contributed by atoms with Gasteiger partial charge in [-0.15, -0.1) is 0 Å². The van der Waals surface area contributed by atoms with Gasteiger partial charge < -0.3 is 19.7 Å². The smallest absolute Gasteiger partial charge is 0.257 e. The van der Waals surface area contributed by atoms with Crippen LogP contribution >= 0.6 is 0 Å². The molecule has 5 nitrogen and oxygen atoms in total. The molecule has 0 amide bonds. The molecule has 0 aromatic heterocycles. The molecule has 1 heterocycles. The van der Waals surface area contributed by atoms with E-state index in [2.05, 4.69) is 0 Å². The topological polar surface area (TPSA) is 76.0 Å². The number of carbonyl (C=O) groups excluding carboxylic acids is 1. The van der Waals surface area contributed by atoms with Crippen LogP contribution in [0.4, 0.5) is 0 Å². The molecular formula is C20H18O5. The molecule has 2 aromatic carbocycles. The molecule has 0 unspecified atom stereocenters. The Balaban J connectivity index is 1.67. The minimum absolute atomic E-state index is 0.189. The van der Waals surface area contributed by atoms with Crippen LogP contribution in [0.1, 0.15) is 12.8 Å². The Kier molecular flexibility index (Phi) is 3.03. The van der Waals surface area contributed by atoms with Crippen molar-refractivity contribution >= 4 is 16.6 Å². The van der Waals surface area contributed by atoms with E-state index in [1.165, 1.54) is 12.2 Å². The fraction of sp³-hybridized carbons (Fsp3) is 0.350. The summed E-state index contributed by atoms with van der Waals surface area (Å²) >= 11 is 0. The second kappa shape index (κ2) is 5.07. The number of ketones is 1. The van der Waals surface area contributed by atoms with E-state index in [0.717, 1.165) is 10.8 Å². The highest BCUT2D eigenvalue weighted by atomic mass is 16.7. The van der Waals surface area contributed by atoms with Crippen molar-refractivity contribution in [2.24, 2.45) is 11.8 Å². The molecule has 0 bridgehead atoms. The standard InChI is InChI=1S/C20H18O5/c21-12-7-8-14(23)19-18(12)13(22)9-10-20(19)24-15-5-1-3-11-4-2-6-16(25-20)17(11)15/h1-8,13-14,18-19,22-23H,9-10H2/t13-,14+,18-,19+/m1/s1. The first-order chi connectivity index (χ1) is 12.1. The summed E-state index contributed by atoms with van der Waals surface area (Å²) in [5.74, 6) is -1.36. The van der Waals surface area contributed by atoms with Crippen LogP contribution in [0.2, 0.25) is 0 Å². The molecule has 1 fully saturated rings. The van der Waals surface area contributed by atoms with Gasteiger partial charge in [-0.1, -0.05) is 30.3 Å². The first-order valence-corrected chi connectivity index (χ1v) is 8.57. The molecule has 128 valence electrons. The summed E-state index contributed by atoms with van der Waals surface area (Å²) in [6, 6.07) is 11.6. The highest BCUT2D eigenvalue weighted by Gasteiger charge is 2.59. The number of benzene rings is 2. The average molecular weight is 338 g/mol. The van der Waals surface area contributed by atoms with Crippen molar-refractivity contribution in [3.63, 3.8) is 0 Å². The zero-order valence-electron chi connectivity index (χ0n) is 13.5. The van der Waals surface area contributed by atoms with Crippen molar-refractivity contribution in [1.82, 2.24) is 0 Å². The SMILES string of the molecule is O=C1C=C[C@H](O)[C@H]2[C@H]1[C@H](O)CCC21Oc2cccc3cccc(c23)O1. The normalized spacial score (nSPS) is 32.2. The maximum Gasteiger partial charge on any atom is 0.257 e. The maximum absolute atomic E-state index is 12.4. The molecule has 3 aliphatic rings. The van der Waals surface area contributed by atoms with Crippen molar-refractivity contribution < 1.29 is 24.5 Å². The lowest BCUT2D eigenvalue weighted by atomic mass is 9.66. The number of ether oxygens (including phenoxy) is 2. The summed E-state index contributed by atoms with van der Waals surface area (Å²) in [4.78, 5) is 12.4. The van der Waals surface area contributed by atoms with E-state index >= 15 is 0 Å². The second-order valence-electron chi connectivity index (χ2n) is 7.04. The highest BCUT2D eigenvalue weighted by molar-refractivity contribution is 5.95. The van der Waals surface area contributed by atoms with E-state index in [0.29, 0.717) is 24.3 Å². The summed E-state index contributed by atoms with van der Waals surface area (Å²) in [7, 11) is 0. The third kappa shape index (κ3) is 2.00. The highest BCUT2D eigenvalue weighted by Crippen LogP contribution is 2.51. The third-order valence-corrected chi connectivity index (χ3v) is 5.65. The van der Waals surface area contributed by atoms with E-state index in [4.69, 9.17) is 9.47 Å². The van der Waals surface area contributed by atoms with E-state index in [9.17, 15) is 15.0 Å². The lowest BCUT2D eigenvalue weighted by molar-refractivity contribution is -0.230. The molecule has 4 atom stereocenters. The Hall–Kier alpha value is -2.37. The number of rotatable bonds is 0. The quantitative estimate of drug-likeness (QED) is 0.770. The van der Waals surface area contributed by atoms with E-state index in [1.807, 2.05) is 36.4 Å². The Morgan fingerprint density at radius 2 is 1.72 bits per heavy atom. The molecule has 2 aromatic rings. The van der Waals surface area contributed by atoms with E-state index in [1.54, 1.807) is 0 Å². The molecule has 5 rings (SSSR count). The van der Waals surface area contributed by atoms with Crippen LogP contribution in [0.5, 0.6) is 11.5 Å². The van der Waals surface area contributed by atoms with Crippen LogP contribution in [0.25, 0.3) is 10.8 Å². The van der Waals surface area contributed by atoms with Crippen LogP contribution in [0.3, 0.4) is 0 Å². The Morgan fingerprint density at radius 1 is 1.04 bits per heavy atom. The van der Waals surface area contributed by atoms with Gasteiger partial charge in [-0.05, 0) is 30.0 Å². The van der Waals surface area contributed by atoms with Gasteiger partial charge in [-0.3, -0.25) is 4.79 Å². The largest absolute Gasteiger partial charge is 0.451 e. The fourth-order valence-corrected chi connectivity index (χ4v) is 4.55. The zero-order valence-corrected chi connectivity index (χ0v) is 13.5. The predicted molar refractivity (Wildman–Crippen MR) is 90.3 cm³/mol. The summed E-state index contributed by atoms with van der Waals surface area (Å²) in [6.07, 6.45) is 1.89. The van der Waals surface area contributed by atoms with Gasteiger partial charge in [0.2, 0.25) is 0 Å². The number of allylic oxidation sites excluding steroid dienone is 1. The molecule has 2 aliphatic carbocycles. The number of hydrogen-bond donors (Lipinski definition) is 2. The second-order valence-corrected chi connectivity index (χ2v) is 7.04. The van der Waals surface area contributed by atoms with Gasteiger partial charge in [0, 0.05) is 6.42 Å². The Morgan fingerprint density at radius 3 is 2.40 bits per heavy atom. The third-order valence-electron chi connectivity index (χ3n) is 5.65. The summed E-state index contributed by atoms with van der Waals surface area (Å²) in [6.45, 7) is 0. The van der Waals surface area contributed by atoms with Gasteiger partial charge in [0.05, 0.1) is 29.4 Å². The molecule has 0 saturated heterocycles. The number of carbonyl (C=O) groups is 1. The molecule has 1 aliphatic heterocycles. The first kappa shape index (κ1) is 14.9. The summed E-state index contributed by atoms with van der Waals surface area (Å²) < 4.78 is 12.6. The van der Waals surface area contributed by atoms with Crippen LogP contribution in [0, 0.1) is 11.8 Å². The van der Waals surface area contributed by atoms with Gasteiger partial charge in [-0.2, -0.15) is 0 Å². The van der Waals surface area contributed by atoms with Crippen LogP contribution in [-0.4, -0.2) is 34.0 Å². The minimum Gasteiger partial charge on any atom is -0.451 e. The zero-order chi connectivity index (χ0) is 17.2. The maximum atomic E-state index is 12.4. The van der Waals surface area contributed by atoms with Gasteiger partial charge >= 0.3 is 0 Å². The van der Waals surface area contributed by atoms with Gasteiger partial charge in [0.25, 0.3) is 5.79 Å². The van der Waals surface area contributed by atoms with Crippen LogP contribution < -0.4 is 9.47 Å². The molecule has 1 spiro atoms. The number of aliphatic hydroxyl groups excluding tert-OH is 2. The van der Waals surface area contributed by atoms with Gasteiger partial charge in [-0.25, -0.2) is 0 Å². The Bertz CT molecular complexity index is 861. The number of hydrogen-bond acceptors (Lipinski definition) is 5.